The van der Waals surface area contributed by atoms with Crippen LogP contribution in [0.25, 0.3) is 16.8 Å². The van der Waals surface area contributed by atoms with Gasteiger partial charge in [0.1, 0.15) is 5.82 Å². The fourth-order valence-corrected chi connectivity index (χ4v) is 3.14. The number of hydrogen-bond donors (Lipinski definition) is 2. The van der Waals surface area contributed by atoms with Crippen LogP contribution in [0.4, 0.5) is 0 Å². The van der Waals surface area contributed by atoms with Crippen molar-refractivity contribution in [2.75, 3.05) is 0 Å². The number of nitrogens with zero attached hydrogens (tertiary/aromatic N) is 5. The minimum atomic E-state index is -0.246. The Kier molecular flexibility index (Phi) is 4.10. The molecule has 1 aromatic carbocycles. The van der Waals surface area contributed by atoms with Crippen molar-refractivity contribution in [3.8, 4) is 0 Å². The molecule has 0 radical (unpaired) electrons. The number of benzene rings is 1. The third kappa shape index (κ3) is 3.38. The van der Waals surface area contributed by atoms with Gasteiger partial charge < -0.3 is 10.3 Å². The van der Waals surface area contributed by atoms with E-state index in [0.29, 0.717) is 11.6 Å². The second-order valence-electron chi connectivity index (χ2n) is 6.89. The standard InChI is InChI=1S/C19H21N7O/c1-10-5-6-14-15(7-10)23-18(22-14)13(4)21-17(27)9-16-24-19-20-11(2)8-12(3)26(19)25-16/h5-8,13H,9H2,1-4H3,(H,21,27)(H,22,23)/t13-/m0/s1. The van der Waals surface area contributed by atoms with E-state index in [1.54, 1.807) is 4.52 Å². The number of fused-ring (bicyclic) bond motifs is 2. The van der Waals surface area contributed by atoms with Gasteiger partial charge in [-0.25, -0.2) is 14.5 Å². The number of nitrogens with one attached hydrogen (secondary N) is 2. The first kappa shape index (κ1) is 17.1. The normalized spacial score (nSPS) is 12.6. The summed E-state index contributed by atoms with van der Waals surface area (Å²) in [5.74, 6) is 1.52. The van der Waals surface area contributed by atoms with Crippen LogP contribution in [0.5, 0.6) is 0 Å². The summed E-state index contributed by atoms with van der Waals surface area (Å²) in [5.41, 5.74) is 4.81. The zero-order valence-electron chi connectivity index (χ0n) is 15.7. The molecular weight excluding hydrogens is 342 g/mol. The maximum atomic E-state index is 12.4. The predicted molar refractivity (Wildman–Crippen MR) is 101 cm³/mol. The lowest BCUT2D eigenvalue weighted by molar-refractivity contribution is -0.121. The van der Waals surface area contributed by atoms with E-state index in [0.717, 1.165) is 33.8 Å². The lowest BCUT2D eigenvalue weighted by atomic mass is 10.2. The zero-order chi connectivity index (χ0) is 19.1. The highest BCUT2D eigenvalue weighted by atomic mass is 16.1. The molecule has 2 N–H and O–H groups in total. The van der Waals surface area contributed by atoms with Gasteiger partial charge in [0.05, 0.1) is 23.5 Å². The van der Waals surface area contributed by atoms with Crippen molar-refractivity contribution in [2.24, 2.45) is 0 Å². The van der Waals surface area contributed by atoms with Crippen molar-refractivity contribution in [1.82, 2.24) is 34.9 Å². The van der Waals surface area contributed by atoms with Gasteiger partial charge in [0.2, 0.25) is 5.91 Å². The molecule has 0 fully saturated rings. The summed E-state index contributed by atoms with van der Waals surface area (Å²) < 4.78 is 1.65. The Balaban J connectivity index is 1.49. The summed E-state index contributed by atoms with van der Waals surface area (Å²) in [7, 11) is 0. The summed E-state index contributed by atoms with van der Waals surface area (Å²) in [6.07, 6.45) is 0.0888. The van der Waals surface area contributed by atoms with Gasteiger partial charge in [-0.15, -0.1) is 5.10 Å². The molecule has 0 bridgehead atoms. The van der Waals surface area contributed by atoms with Crippen LogP contribution in [0, 0.1) is 20.8 Å². The lowest BCUT2D eigenvalue weighted by Crippen LogP contribution is -2.29. The van der Waals surface area contributed by atoms with E-state index in [4.69, 9.17) is 0 Å². The third-order valence-corrected chi connectivity index (χ3v) is 4.42. The molecule has 0 aliphatic carbocycles. The molecule has 27 heavy (non-hydrogen) atoms. The molecule has 4 aromatic rings. The Morgan fingerprint density at radius 3 is 2.81 bits per heavy atom. The predicted octanol–water partition coefficient (Wildman–Crippen LogP) is 2.35. The number of imidazole rings is 1. The van der Waals surface area contributed by atoms with Crippen molar-refractivity contribution in [1.29, 1.82) is 0 Å². The summed E-state index contributed by atoms with van der Waals surface area (Å²) in [4.78, 5) is 29.0. The smallest absolute Gasteiger partial charge is 0.252 e. The maximum Gasteiger partial charge on any atom is 0.252 e. The van der Waals surface area contributed by atoms with Crippen LogP contribution in [0.2, 0.25) is 0 Å². The highest BCUT2D eigenvalue weighted by Crippen LogP contribution is 2.17. The number of aromatic amines is 1. The number of carbonyl (C=O) groups is 1. The zero-order valence-corrected chi connectivity index (χ0v) is 15.7. The van der Waals surface area contributed by atoms with Gasteiger partial charge in [-0.05, 0) is 51.5 Å². The van der Waals surface area contributed by atoms with E-state index in [1.165, 1.54) is 0 Å². The molecule has 8 heteroatoms. The second-order valence-corrected chi connectivity index (χ2v) is 6.89. The van der Waals surface area contributed by atoms with Gasteiger partial charge in [0.15, 0.2) is 5.82 Å². The molecule has 0 saturated carbocycles. The summed E-state index contributed by atoms with van der Waals surface area (Å²) in [6, 6.07) is 7.71. The average Bonchev–Trinajstić information content (AvgIpc) is 3.17. The molecule has 0 aliphatic rings. The third-order valence-electron chi connectivity index (χ3n) is 4.42. The van der Waals surface area contributed by atoms with Gasteiger partial charge in [0, 0.05) is 11.4 Å². The molecule has 3 aromatic heterocycles. The van der Waals surface area contributed by atoms with Crippen molar-refractivity contribution in [2.45, 2.75) is 40.2 Å². The SMILES string of the molecule is Cc1ccc2nc([C@H](C)NC(=O)Cc3nc4nc(C)cc(C)n4n3)[nH]c2c1. The van der Waals surface area contributed by atoms with Crippen LogP contribution in [0.3, 0.4) is 0 Å². The van der Waals surface area contributed by atoms with E-state index in [9.17, 15) is 4.79 Å². The van der Waals surface area contributed by atoms with Gasteiger partial charge in [0.25, 0.3) is 5.78 Å². The Labute approximate surface area is 156 Å². The summed E-state index contributed by atoms with van der Waals surface area (Å²) in [6.45, 7) is 7.77. The minimum absolute atomic E-state index is 0.0888. The molecule has 1 atom stereocenters. The molecule has 0 saturated heterocycles. The Morgan fingerprint density at radius 2 is 2.00 bits per heavy atom. The first-order chi connectivity index (χ1) is 12.9. The monoisotopic (exact) mass is 363 g/mol. The quantitative estimate of drug-likeness (QED) is 0.580. The van der Waals surface area contributed by atoms with Crippen molar-refractivity contribution < 1.29 is 4.79 Å². The van der Waals surface area contributed by atoms with Gasteiger partial charge in [-0.3, -0.25) is 4.79 Å². The summed E-state index contributed by atoms with van der Waals surface area (Å²) in [5, 5.41) is 7.32. The molecule has 0 spiro atoms. The van der Waals surface area contributed by atoms with E-state index in [-0.39, 0.29) is 18.4 Å². The Hall–Kier alpha value is -3.29. The number of H-pyrrole nitrogens is 1. The largest absolute Gasteiger partial charge is 0.346 e. The van der Waals surface area contributed by atoms with Crippen molar-refractivity contribution in [3.63, 3.8) is 0 Å². The topological polar surface area (TPSA) is 101 Å². The molecule has 8 nitrogen and oxygen atoms in total. The van der Waals surface area contributed by atoms with Gasteiger partial charge >= 0.3 is 0 Å². The molecule has 0 unspecified atom stereocenters. The maximum absolute atomic E-state index is 12.4. The van der Waals surface area contributed by atoms with Crippen LogP contribution in [0.1, 0.15) is 41.6 Å². The van der Waals surface area contributed by atoms with Crippen molar-refractivity contribution in [3.05, 3.63) is 52.9 Å². The number of aromatic nitrogens is 6. The van der Waals surface area contributed by atoms with Crippen LogP contribution in [-0.2, 0) is 11.2 Å². The summed E-state index contributed by atoms with van der Waals surface area (Å²) >= 11 is 0. The number of amides is 1. The van der Waals surface area contributed by atoms with Crippen LogP contribution in [-0.4, -0.2) is 35.5 Å². The van der Waals surface area contributed by atoms with E-state index in [2.05, 4.69) is 30.4 Å². The minimum Gasteiger partial charge on any atom is -0.346 e. The highest BCUT2D eigenvalue weighted by Gasteiger charge is 2.16. The van der Waals surface area contributed by atoms with Crippen molar-refractivity contribution >= 4 is 22.7 Å². The molecular formula is C19H21N7O. The first-order valence-corrected chi connectivity index (χ1v) is 8.84. The molecule has 138 valence electrons. The van der Waals surface area contributed by atoms with Gasteiger partial charge in [-0.1, -0.05) is 6.07 Å². The second kappa shape index (κ2) is 6.46. The number of hydrogen-bond acceptors (Lipinski definition) is 5. The number of carbonyl (C=O) groups excluding carboxylic acids is 1. The number of aryl methyl sites for hydroxylation is 3. The molecule has 1 amide bonds. The van der Waals surface area contributed by atoms with E-state index < -0.39 is 0 Å². The number of rotatable bonds is 4. The molecule has 4 rings (SSSR count). The van der Waals surface area contributed by atoms with Crippen LogP contribution >= 0.6 is 0 Å². The lowest BCUT2D eigenvalue weighted by Gasteiger charge is -2.10. The molecule has 0 aliphatic heterocycles. The Morgan fingerprint density at radius 1 is 1.19 bits per heavy atom. The van der Waals surface area contributed by atoms with E-state index >= 15 is 0 Å². The highest BCUT2D eigenvalue weighted by molar-refractivity contribution is 5.79. The fraction of sp³-hybridized carbons (Fsp3) is 0.316. The van der Waals surface area contributed by atoms with E-state index in [1.807, 2.05) is 52.0 Å². The molecule has 3 heterocycles. The first-order valence-electron chi connectivity index (χ1n) is 8.84. The Bertz CT molecular complexity index is 1160. The fourth-order valence-electron chi connectivity index (χ4n) is 3.14. The van der Waals surface area contributed by atoms with Crippen LogP contribution < -0.4 is 5.32 Å². The van der Waals surface area contributed by atoms with Gasteiger partial charge in [-0.2, -0.15) is 4.98 Å². The average molecular weight is 363 g/mol. The van der Waals surface area contributed by atoms with Crippen LogP contribution in [0.15, 0.2) is 24.3 Å².